The third-order valence-corrected chi connectivity index (χ3v) is 7.63. The molecule has 0 aromatic heterocycles. The van der Waals surface area contributed by atoms with Gasteiger partial charge >= 0.3 is 0 Å². The summed E-state index contributed by atoms with van der Waals surface area (Å²) in [5.41, 5.74) is 11.0. The van der Waals surface area contributed by atoms with Crippen molar-refractivity contribution >= 4 is 11.8 Å². The van der Waals surface area contributed by atoms with Gasteiger partial charge in [0, 0.05) is 50.9 Å². The smallest absolute Gasteiger partial charge is 0.248 e. The standard InChI is InChI=1S/C27H34N4O2/c28-27(33)22-7-4-20(5-8-22)16-21-6-9-24-18-29(11-10-23(24)17-21)19-26(32)31-14-12-30(13-15-31)25-2-1-3-25/h4-9,17,25H,1-3,10-16,18-19H2,(H2,28,33). The SMILES string of the molecule is NC(=O)c1ccc(Cc2ccc3c(c2)CCN(CC(=O)N2CCN(C4CCC4)CC2)C3)cc1. The fourth-order valence-corrected chi connectivity index (χ4v) is 5.31. The van der Waals surface area contributed by atoms with Crippen LogP contribution in [0.25, 0.3) is 0 Å². The molecule has 2 fully saturated rings. The van der Waals surface area contributed by atoms with Gasteiger partial charge in [-0.3, -0.25) is 19.4 Å². The van der Waals surface area contributed by atoms with Gasteiger partial charge in [-0.1, -0.05) is 36.8 Å². The number of nitrogens with zero attached hydrogens (tertiary/aromatic N) is 3. The highest BCUT2D eigenvalue weighted by Crippen LogP contribution is 2.26. The molecule has 1 saturated heterocycles. The molecule has 2 aromatic carbocycles. The van der Waals surface area contributed by atoms with Crippen LogP contribution in [0.3, 0.4) is 0 Å². The van der Waals surface area contributed by atoms with Crippen LogP contribution < -0.4 is 5.73 Å². The molecular formula is C27H34N4O2. The summed E-state index contributed by atoms with van der Waals surface area (Å²) in [6.07, 6.45) is 5.86. The van der Waals surface area contributed by atoms with Crippen LogP contribution in [-0.2, 0) is 24.2 Å². The van der Waals surface area contributed by atoms with E-state index in [4.69, 9.17) is 5.73 Å². The number of fused-ring (bicyclic) bond motifs is 1. The van der Waals surface area contributed by atoms with Crippen molar-refractivity contribution in [3.05, 3.63) is 70.3 Å². The monoisotopic (exact) mass is 446 g/mol. The van der Waals surface area contributed by atoms with E-state index in [9.17, 15) is 9.59 Å². The molecule has 2 N–H and O–H groups in total. The molecular weight excluding hydrogens is 412 g/mol. The summed E-state index contributed by atoms with van der Waals surface area (Å²) in [4.78, 5) is 31.1. The van der Waals surface area contributed by atoms with Crippen LogP contribution in [0, 0.1) is 0 Å². The van der Waals surface area contributed by atoms with Crippen molar-refractivity contribution in [1.82, 2.24) is 14.7 Å². The zero-order valence-electron chi connectivity index (χ0n) is 19.3. The summed E-state index contributed by atoms with van der Waals surface area (Å²) in [5.74, 6) is -0.114. The summed E-state index contributed by atoms with van der Waals surface area (Å²) < 4.78 is 0. The van der Waals surface area contributed by atoms with Crippen LogP contribution in [0.1, 0.15) is 51.9 Å². The van der Waals surface area contributed by atoms with Gasteiger partial charge in [0.1, 0.15) is 0 Å². The Balaban J connectivity index is 1.13. The highest BCUT2D eigenvalue weighted by atomic mass is 16.2. The Morgan fingerprint density at radius 2 is 1.61 bits per heavy atom. The average molecular weight is 447 g/mol. The molecule has 0 atom stereocenters. The van der Waals surface area contributed by atoms with Gasteiger partial charge in [-0.2, -0.15) is 0 Å². The Morgan fingerprint density at radius 3 is 2.27 bits per heavy atom. The number of piperazine rings is 1. The van der Waals surface area contributed by atoms with Crippen molar-refractivity contribution in [2.45, 2.75) is 44.7 Å². The average Bonchev–Trinajstić information content (AvgIpc) is 2.79. The summed E-state index contributed by atoms with van der Waals surface area (Å²) in [5, 5.41) is 0. The predicted molar refractivity (Wildman–Crippen MR) is 129 cm³/mol. The fourth-order valence-electron chi connectivity index (χ4n) is 5.31. The molecule has 174 valence electrons. The molecule has 2 amide bonds. The first kappa shape index (κ1) is 22.1. The van der Waals surface area contributed by atoms with E-state index in [0.717, 1.165) is 58.2 Å². The first-order chi connectivity index (χ1) is 16.0. The second-order valence-corrected chi connectivity index (χ2v) is 9.80. The predicted octanol–water partition coefficient (Wildman–Crippen LogP) is 2.43. The van der Waals surface area contributed by atoms with Crippen molar-refractivity contribution in [3.8, 4) is 0 Å². The molecule has 3 aliphatic rings. The largest absolute Gasteiger partial charge is 0.366 e. The molecule has 0 unspecified atom stereocenters. The minimum atomic E-state index is -0.394. The van der Waals surface area contributed by atoms with E-state index in [-0.39, 0.29) is 5.91 Å². The molecule has 1 aliphatic carbocycles. The van der Waals surface area contributed by atoms with Gasteiger partial charge in [0.05, 0.1) is 6.54 Å². The first-order valence-corrected chi connectivity index (χ1v) is 12.3. The van der Waals surface area contributed by atoms with Gasteiger partial charge in [0.2, 0.25) is 11.8 Å². The Bertz CT molecular complexity index is 1010. The van der Waals surface area contributed by atoms with E-state index >= 15 is 0 Å². The zero-order chi connectivity index (χ0) is 22.8. The van der Waals surface area contributed by atoms with E-state index in [1.54, 1.807) is 12.1 Å². The number of carbonyl (C=O) groups is 2. The molecule has 0 radical (unpaired) electrons. The molecule has 1 saturated carbocycles. The zero-order valence-corrected chi connectivity index (χ0v) is 19.3. The molecule has 2 aliphatic heterocycles. The van der Waals surface area contributed by atoms with Crippen molar-refractivity contribution in [2.24, 2.45) is 5.73 Å². The summed E-state index contributed by atoms with van der Waals surface area (Å²) in [6.45, 7) is 6.12. The second-order valence-electron chi connectivity index (χ2n) is 9.80. The van der Waals surface area contributed by atoms with Crippen molar-refractivity contribution in [3.63, 3.8) is 0 Å². The number of rotatable bonds is 6. The second kappa shape index (κ2) is 9.65. The molecule has 0 bridgehead atoms. The lowest BCUT2D eigenvalue weighted by atomic mass is 9.91. The minimum absolute atomic E-state index is 0.280. The number of hydrogen-bond donors (Lipinski definition) is 1. The number of nitrogens with two attached hydrogens (primary N) is 1. The Hall–Kier alpha value is -2.70. The lowest BCUT2D eigenvalue weighted by molar-refractivity contribution is -0.135. The summed E-state index contributed by atoms with van der Waals surface area (Å²) in [7, 11) is 0. The van der Waals surface area contributed by atoms with E-state index in [1.165, 1.54) is 41.5 Å². The number of carbonyl (C=O) groups excluding carboxylic acids is 2. The lowest BCUT2D eigenvalue weighted by Gasteiger charge is -2.43. The van der Waals surface area contributed by atoms with Crippen LogP contribution in [-0.4, -0.2) is 71.8 Å². The number of amides is 2. The number of primary amides is 1. The normalized spacial score (nSPS) is 19.7. The lowest BCUT2D eigenvalue weighted by Crippen LogP contribution is -2.55. The van der Waals surface area contributed by atoms with Crippen LogP contribution in [0.4, 0.5) is 0 Å². The Labute approximate surface area is 196 Å². The molecule has 6 heteroatoms. The van der Waals surface area contributed by atoms with Gasteiger partial charge < -0.3 is 10.6 Å². The number of benzene rings is 2. The quantitative estimate of drug-likeness (QED) is 0.740. The van der Waals surface area contributed by atoms with Gasteiger partial charge in [-0.15, -0.1) is 0 Å². The Kier molecular flexibility index (Phi) is 6.47. The van der Waals surface area contributed by atoms with Crippen LogP contribution in [0.15, 0.2) is 42.5 Å². The van der Waals surface area contributed by atoms with E-state index in [1.807, 2.05) is 12.1 Å². The van der Waals surface area contributed by atoms with E-state index < -0.39 is 5.91 Å². The van der Waals surface area contributed by atoms with Gasteiger partial charge in [-0.25, -0.2) is 0 Å². The molecule has 0 spiro atoms. The van der Waals surface area contributed by atoms with E-state index in [2.05, 4.69) is 32.9 Å². The third-order valence-electron chi connectivity index (χ3n) is 7.63. The first-order valence-electron chi connectivity index (χ1n) is 12.3. The third kappa shape index (κ3) is 5.12. The van der Waals surface area contributed by atoms with E-state index in [0.29, 0.717) is 12.1 Å². The molecule has 2 heterocycles. The maximum absolute atomic E-state index is 12.9. The molecule has 5 rings (SSSR count). The van der Waals surface area contributed by atoms with Crippen molar-refractivity contribution in [1.29, 1.82) is 0 Å². The van der Waals surface area contributed by atoms with Gasteiger partial charge in [-0.05, 0) is 60.1 Å². The molecule has 33 heavy (non-hydrogen) atoms. The van der Waals surface area contributed by atoms with Crippen molar-refractivity contribution < 1.29 is 9.59 Å². The maximum Gasteiger partial charge on any atom is 0.248 e. The van der Waals surface area contributed by atoms with Crippen LogP contribution in [0.2, 0.25) is 0 Å². The summed E-state index contributed by atoms with van der Waals surface area (Å²) in [6, 6.07) is 15.0. The number of hydrogen-bond acceptors (Lipinski definition) is 4. The summed E-state index contributed by atoms with van der Waals surface area (Å²) >= 11 is 0. The minimum Gasteiger partial charge on any atom is -0.366 e. The van der Waals surface area contributed by atoms with Gasteiger partial charge in [0.25, 0.3) is 0 Å². The Morgan fingerprint density at radius 1 is 0.879 bits per heavy atom. The topological polar surface area (TPSA) is 69.9 Å². The maximum atomic E-state index is 12.9. The highest BCUT2D eigenvalue weighted by molar-refractivity contribution is 5.92. The highest BCUT2D eigenvalue weighted by Gasteiger charge is 2.30. The molecule has 2 aromatic rings. The van der Waals surface area contributed by atoms with Gasteiger partial charge in [0.15, 0.2) is 0 Å². The van der Waals surface area contributed by atoms with Crippen LogP contribution >= 0.6 is 0 Å². The van der Waals surface area contributed by atoms with Crippen molar-refractivity contribution in [2.75, 3.05) is 39.3 Å². The molecule has 6 nitrogen and oxygen atoms in total. The fraction of sp³-hybridized carbons (Fsp3) is 0.481. The van der Waals surface area contributed by atoms with Crippen LogP contribution in [0.5, 0.6) is 0 Å².